The summed E-state index contributed by atoms with van der Waals surface area (Å²) in [6, 6.07) is 9.07. The highest BCUT2D eigenvalue weighted by Crippen LogP contribution is 2.21. The van der Waals surface area contributed by atoms with Crippen LogP contribution in [0.5, 0.6) is 0 Å². The minimum absolute atomic E-state index is 0.103. The van der Waals surface area contributed by atoms with E-state index in [4.69, 9.17) is 18.0 Å². The van der Waals surface area contributed by atoms with E-state index < -0.39 is 0 Å². The molecule has 0 aliphatic rings. The van der Waals surface area contributed by atoms with Crippen LogP contribution < -0.4 is 16.4 Å². The topological polar surface area (TPSA) is 80.0 Å². The molecule has 0 atom stereocenters. The molecule has 4 N–H and O–H groups in total. The summed E-state index contributed by atoms with van der Waals surface area (Å²) < 4.78 is 0. The predicted octanol–water partition coefficient (Wildman–Crippen LogP) is 2.42. The monoisotopic (exact) mass is 286 g/mol. The predicted molar refractivity (Wildman–Crippen MR) is 84.2 cm³/mol. The van der Waals surface area contributed by atoms with Gasteiger partial charge in [-0.05, 0) is 30.3 Å². The third kappa shape index (κ3) is 3.52. The Hall–Kier alpha value is -2.47. The molecule has 0 unspecified atom stereocenters. The third-order valence-corrected chi connectivity index (χ3v) is 2.79. The number of pyridine rings is 1. The highest BCUT2D eigenvalue weighted by atomic mass is 32.1. The van der Waals surface area contributed by atoms with E-state index in [0.29, 0.717) is 4.99 Å². The molecule has 102 valence electrons. The Morgan fingerprint density at radius 2 is 1.85 bits per heavy atom. The smallest absolute Gasteiger partial charge is 0.221 e. The van der Waals surface area contributed by atoms with Gasteiger partial charge in [-0.3, -0.25) is 9.78 Å². The van der Waals surface area contributed by atoms with Crippen molar-refractivity contribution in [3.05, 3.63) is 48.3 Å². The molecule has 20 heavy (non-hydrogen) atoms. The van der Waals surface area contributed by atoms with Crippen LogP contribution in [-0.4, -0.2) is 15.9 Å². The van der Waals surface area contributed by atoms with Gasteiger partial charge in [0.15, 0.2) is 0 Å². The molecule has 1 amide bonds. The first-order chi connectivity index (χ1) is 9.56. The number of thiocarbonyl (C=S) groups is 1. The van der Waals surface area contributed by atoms with E-state index >= 15 is 0 Å². The van der Waals surface area contributed by atoms with E-state index in [2.05, 4.69) is 15.6 Å². The molecule has 6 heteroatoms. The van der Waals surface area contributed by atoms with Gasteiger partial charge in [-0.2, -0.15) is 0 Å². The maximum atomic E-state index is 10.9. The molecule has 0 saturated carbocycles. The molecule has 2 aromatic rings. The summed E-state index contributed by atoms with van der Waals surface area (Å²) in [4.78, 5) is 15.3. The summed E-state index contributed by atoms with van der Waals surface area (Å²) in [5, 5.41) is 5.90. The zero-order chi connectivity index (χ0) is 14.5. The number of amides is 1. The van der Waals surface area contributed by atoms with E-state index in [1.165, 1.54) is 6.92 Å². The largest absolute Gasteiger partial charge is 0.389 e. The maximum absolute atomic E-state index is 10.9. The van der Waals surface area contributed by atoms with Crippen LogP contribution in [0.15, 0.2) is 42.7 Å². The lowest BCUT2D eigenvalue weighted by Gasteiger charge is -2.11. The highest BCUT2D eigenvalue weighted by molar-refractivity contribution is 7.80. The fourth-order valence-corrected chi connectivity index (χ4v) is 1.88. The number of nitrogens with one attached hydrogen (secondary N) is 2. The average molecular weight is 286 g/mol. The Morgan fingerprint density at radius 1 is 1.20 bits per heavy atom. The number of aromatic nitrogens is 1. The molecule has 1 aromatic carbocycles. The van der Waals surface area contributed by atoms with Gasteiger partial charge in [0.05, 0.1) is 11.9 Å². The zero-order valence-corrected chi connectivity index (χ0v) is 11.7. The molecule has 2 rings (SSSR count). The molecule has 0 aliphatic heterocycles. The molecule has 1 aromatic heterocycles. The molecule has 0 aliphatic carbocycles. The Bertz CT molecular complexity index is 640. The SMILES string of the molecule is CC(=O)Nc1ccc(Nc2cnccc2C(N)=S)cc1. The van der Waals surface area contributed by atoms with Gasteiger partial charge < -0.3 is 16.4 Å². The van der Waals surface area contributed by atoms with Crippen molar-refractivity contribution < 1.29 is 4.79 Å². The van der Waals surface area contributed by atoms with Crippen molar-refractivity contribution in [1.82, 2.24) is 4.98 Å². The summed E-state index contributed by atoms with van der Waals surface area (Å²) in [6.07, 6.45) is 3.30. The zero-order valence-electron chi connectivity index (χ0n) is 10.9. The third-order valence-electron chi connectivity index (χ3n) is 2.57. The van der Waals surface area contributed by atoms with Crippen LogP contribution in [0.1, 0.15) is 12.5 Å². The van der Waals surface area contributed by atoms with Gasteiger partial charge in [0.2, 0.25) is 5.91 Å². The van der Waals surface area contributed by atoms with Crippen LogP contribution in [0.2, 0.25) is 0 Å². The minimum Gasteiger partial charge on any atom is -0.389 e. The van der Waals surface area contributed by atoms with Gasteiger partial charge in [-0.1, -0.05) is 12.2 Å². The summed E-state index contributed by atoms with van der Waals surface area (Å²) in [5.74, 6) is -0.103. The van der Waals surface area contributed by atoms with Gasteiger partial charge >= 0.3 is 0 Å². The molecule has 0 fully saturated rings. The summed E-state index contributed by atoms with van der Waals surface area (Å²) in [6.45, 7) is 1.47. The Kier molecular flexibility index (Phi) is 4.27. The fraction of sp³-hybridized carbons (Fsp3) is 0.0714. The lowest BCUT2D eigenvalue weighted by Crippen LogP contribution is -2.12. The molecule has 1 heterocycles. The molecular weight excluding hydrogens is 272 g/mol. The number of anilines is 3. The van der Waals surface area contributed by atoms with E-state index in [0.717, 1.165) is 22.6 Å². The van der Waals surface area contributed by atoms with Crippen molar-refractivity contribution in [3.8, 4) is 0 Å². The molecule has 0 radical (unpaired) electrons. The van der Waals surface area contributed by atoms with Crippen molar-refractivity contribution >= 4 is 40.2 Å². The van der Waals surface area contributed by atoms with Gasteiger partial charge in [0, 0.05) is 30.1 Å². The second-order valence-electron chi connectivity index (χ2n) is 4.17. The first-order valence-electron chi connectivity index (χ1n) is 5.95. The molecule has 0 saturated heterocycles. The summed E-state index contributed by atoms with van der Waals surface area (Å²) in [5.41, 5.74) is 8.73. The second kappa shape index (κ2) is 6.12. The number of benzene rings is 1. The van der Waals surface area contributed by atoms with Crippen molar-refractivity contribution in [2.24, 2.45) is 5.73 Å². The van der Waals surface area contributed by atoms with E-state index in [1.807, 2.05) is 12.1 Å². The van der Waals surface area contributed by atoms with Crippen molar-refractivity contribution in [2.45, 2.75) is 6.92 Å². The van der Waals surface area contributed by atoms with Crippen molar-refractivity contribution in [1.29, 1.82) is 0 Å². The van der Waals surface area contributed by atoms with Crippen LogP contribution >= 0.6 is 12.2 Å². The van der Waals surface area contributed by atoms with Crippen LogP contribution in [0, 0.1) is 0 Å². The van der Waals surface area contributed by atoms with Gasteiger partial charge in [0.25, 0.3) is 0 Å². The number of rotatable bonds is 4. The summed E-state index contributed by atoms with van der Waals surface area (Å²) >= 11 is 5.00. The van der Waals surface area contributed by atoms with E-state index in [9.17, 15) is 4.79 Å². The van der Waals surface area contributed by atoms with Crippen molar-refractivity contribution in [3.63, 3.8) is 0 Å². The molecule has 0 bridgehead atoms. The van der Waals surface area contributed by atoms with Crippen LogP contribution in [-0.2, 0) is 4.79 Å². The lowest BCUT2D eigenvalue weighted by molar-refractivity contribution is -0.114. The number of hydrogen-bond donors (Lipinski definition) is 3. The molecule has 5 nitrogen and oxygen atoms in total. The van der Waals surface area contributed by atoms with Crippen molar-refractivity contribution in [2.75, 3.05) is 10.6 Å². The lowest BCUT2D eigenvalue weighted by atomic mass is 10.2. The first-order valence-corrected chi connectivity index (χ1v) is 6.35. The van der Waals surface area contributed by atoms with Gasteiger partial charge in [-0.25, -0.2) is 0 Å². The minimum atomic E-state index is -0.103. The van der Waals surface area contributed by atoms with Crippen LogP contribution in [0.4, 0.5) is 17.1 Å². The molecular formula is C14H14N4OS. The number of nitrogens with two attached hydrogens (primary N) is 1. The normalized spacial score (nSPS) is 9.85. The number of carbonyl (C=O) groups excluding carboxylic acids is 1. The average Bonchev–Trinajstić information content (AvgIpc) is 2.41. The fourth-order valence-electron chi connectivity index (χ4n) is 1.70. The van der Waals surface area contributed by atoms with E-state index in [-0.39, 0.29) is 5.91 Å². The second-order valence-corrected chi connectivity index (χ2v) is 4.61. The van der Waals surface area contributed by atoms with Crippen LogP contribution in [0.25, 0.3) is 0 Å². The van der Waals surface area contributed by atoms with Gasteiger partial charge in [0.1, 0.15) is 4.99 Å². The number of carbonyl (C=O) groups is 1. The first kappa shape index (κ1) is 14.0. The summed E-state index contributed by atoms with van der Waals surface area (Å²) in [7, 11) is 0. The number of hydrogen-bond acceptors (Lipinski definition) is 4. The Balaban J connectivity index is 2.18. The molecule has 0 spiro atoms. The maximum Gasteiger partial charge on any atom is 0.221 e. The highest BCUT2D eigenvalue weighted by Gasteiger charge is 2.05. The number of nitrogens with zero attached hydrogens (tertiary/aromatic N) is 1. The standard InChI is InChI=1S/C14H14N4OS/c1-9(19)17-10-2-4-11(5-3-10)18-13-8-16-7-6-12(13)14(15)20/h2-8,18H,1H3,(H2,15,20)(H,17,19). The Labute approximate surface area is 122 Å². The Morgan fingerprint density at radius 3 is 2.45 bits per heavy atom. The van der Waals surface area contributed by atoms with E-state index in [1.54, 1.807) is 30.6 Å². The quantitative estimate of drug-likeness (QED) is 0.752. The van der Waals surface area contributed by atoms with Gasteiger partial charge in [-0.15, -0.1) is 0 Å². The van der Waals surface area contributed by atoms with Crippen LogP contribution in [0.3, 0.4) is 0 Å².